The Morgan fingerprint density at radius 3 is 2.39 bits per heavy atom. The van der Waals surface area contributed by atoms with E-state index in [1.165, 1.54) is 0 Å². The second-order valence-electron chi connectivity index (χ2n) is 6.44. The molecule has 150 valence electrons. The lowest BCUT2D eigenvalue weighted by Crippen LogP contribution is -2.47. The number of furan rings is 1. The average Bonchev–Trinajstić information content (AvgIpc) is 3.25. The van der Waals surface area contributed by atoms with Crippen molar-refractivity contribution < 1.29 is 23.4 Å². The summed E-state index contributed by atoms with van der Waals surface area (Å²) in [6.07, 6.45) is 4.85. The minimum absolute atomic E-state index is 0.000234. The van der Waals surface area contributed by atoms with Crippen LogP contribution in [-0.4, -0.2) is 63.2 Å². The molecule has 1 amide bonds. The van der Waals surface area contributed by atoms with Gasteiger partial charge in [-0.05, 0) is 24.3 Å². The first-order valence-electron chi connectivity index (χ1n) is 9.17. The molecular weight excluding hydrogens is 360 g/mol. The Labute approximate surface area is 165 Å². The molecule has 1 aliphatic rings. The number of ether oxygens (including phenoxy) is 3. The van der Waals surface area contributed by atoms with Crippen LogP contribution in [0.25, 0.3) is 6.08 Å². The van der Waals surface area contributed by atoms with Gasteiger partial charge in [0.2, 0.25) is 11.7 Å². The summed E-state index contributed by atoms with van der Waals surface area (Å²) in [5, 5.41) is 0. The maximum Gasteiger partial charge on any atom is 0.246 e. The number of carbonyl (C=O) groups is 1. The molecule has 0 aliphatic carbocycles. The van der Waals surface area contributed by atoms with Gasteiger partial charge in [0.25, 0.3) is 0 Å². The second kappa shape index (κ2) is 9.32. The molecule has 0 unspecified atom stereocenters. The van der Waals surface area contributed by atoms with Crippen molar-refractivity contribution in [2.75, 3.05) is 47.5 Å². The highest BCUT2D eigenvalue weighted by Gasteiger charge is 2.22. The Kier molecular flexibility index (Phi) is 6.60. The van der Waals surface area contributed by atoms with E-state index < -0.39 is 0 Å². The van der Waals surface area contributed by atoms with Crippen LogP contribution < -0.4 is 14.2 Å². The number of amides is 1. The zero-order valence-electron chi connectivity index (χ0n) is 16.5. The number of hydrogen-bond acceptors (Lipinski definition) is 6. The molecule has 1 aromatic carbocycles. The van der Waals surface area contributed by atoms with Crippen LogP contribution in [0.1, 0.15) is 11.3 Å². The summed E-state index contributed by atoms with van der Waals surface area (Å²) in [7, 11) is 4.83. The van der Waals surface area contributed by atoms with E-state index in [9.17, 15) is 4.79 Å². The fraction of sp³-hybridized carbons (Fsp3) is 0.381. The number of nitrogens with zero attached hydrogens (tertiary/aromatic N) is 2. The van der Waals surface area contributed by atoms with Crippen molar-refractivity contribution in [3.63, 3.8) is 0 Å². The van der Waals surface area contributed by atoms with E-state index in [1.54, 1.807) is 45.8 Å². The summed E-state index contributed by atoms with van der Waals surface area (Å²) in [4.78, 5) is 16.5. The Balaban J connectivity index is 1.59. The zero-order valence-corrected chi connectivity index (χ0v) is 16.5. The van der Waals surface area contributed by atoms with E-state index in [-0.39, 0.29) is 5.91 Å². The van der Waals surface area contributed by atoms with Gasteiger partial charge < -0.3 is 23.5 Å². The summed E-state index contributed by atoms with van der Waals surface area (Å²) >= 11 is 0. The van der Waals surface area contributed by atoms with Crippen LogP contribution in [0, 0.1) is 0 Å². The highest BCUT2D eigenvalue weighted by Crippen LogP contribution is 2.40. The number of piperazine rings is 1. The largest absolute Gasteiger partial charge is 0.493 e. The molecule has 0 N–H and O–H groups in total. The van der Waals surface area contributed by atoms with Gasteiger partial charge in [0, 0.05) is 44.4 Å². The molecule has 2 heterocycles. The minimum atomic E-state index is -0.000234. The predicted octanol–water partition coefficient (Wildman–Crippen LogP) is 2.66. The fourth-order valence-electron chi connectivity index (χ4n) is 3.30. The van der Waals surface area contributed by atoms with E-state index in [1.807, 2.05) is 23.1 Å². The Morgan fingerprint density at radius 1 is 1.04 bits per heavy atom. The van der Waals surface area contributed by atoms with Crippen LogP contribution in [0.3, 0.4) is 0 Å². The van der Waals surface area contributed by atoms with Crippen LogP contribution in [0.5, 0.6) is 17.2 Å². The van der Waals surface area contributed by atoms with Crippen molar-refractivity contribution in [2.45, 2.75) is 6.54 Å². The standard InChI is InChI=1S/C21H26N2O5/c1-25-18-8-6-16(20(26-2)21(18)27-3)15-22-10-12-23(13-11-22)19(24)9-7-17-5-4-14-28-17/h4-9,14H,10-13,15H2,1-3H3/b9-7+. The van der Waals surface area contributed by atoms with Crippen molar-refractivity contribution in [2.24, 2.45) is 0 Å². The summed E-state index contributed by atoms with van der Waals surface area (Å²) in [6, 6.07) is 7.49. The number of methoxy groups -OCH3 is 3. The van der Waals surface area contributed by atoms with Crippen molar-refractivity contribution in [3.05, 3.63) is 47.9 Å². The van der Waals surface area contributed by atoms with Gasteiger partial charge in [-0.3, -0.25) is 9.69 Å². The molecule has 0 spiro atoms. The second-order valence-corrected chi connectivity index (χ2v) is 6.44. The molecule has 7 heteroatoms. The minimum Gasteiger partial charge on any atom is -0.493 e. The quantitative estimate of drug-likeness (QED) is 0.682. The van der Waals surface area contributed by atoms with Crippen molar-refractivity contribution in [1.82, 2.24) is 9.80 Å². The summed E-state index contributed by atoms with van der Waals surface area (Å²) in [6.45, 7) is 3.65. The van der Waals surface area contributed by atoms with E-state index in [0.29, 0.717) is 42.6 Å². The van der Waals surface area contributed by atoms with Crippen molar-refractivity contribution in [1.29, 1.82) is 0 Å². The third-order valence-corrected chi connectivity index (χ3v) is 4.80. The van der Waals surface area contributed by atoms with Gasteiger partial charge in [-0.25, -0.2) is 0 Å². The van der Waals surface area contributed by atoms with Crippen LogP contribution in [-0.2, 0) is 11.3 Å². The molecule has 0 bridgehead atoms. The number of benzene rings is 1. The smallest absolute Gasteiger partial charge is 0.246 e. The third kappa shape index (κ3) is 4.48. The Bertz CT molecular complexity index is 808. The number of hydrogen-bond donors (Lipinski definition) is 0. The lowest BCUT2D eigenvalue weighted by Gasteiger charge is -2.34. The molecule has 0 radical (unpaired) electrons. The predicted molar refractivity (Wildman–Crippen MR) is 106 cm³/mol. The summed E-state index contributed by atoms with van der Waals surface area (Å²) < 4.78 is 21.6. The molecule has 7 nitrogen and oxygen atoms in total. The van der Waals surface area contributed by atoms with Gasteiger partial charge >= 0.3 is 0 Å². The monoisotopic (exact) mass is 386 g/mol. The van der Waals surface area contributed by atoms with Crippen LogP contribution in [0.2, 0.25) is 0 Å². The van der Waals surface area contributed by atoms with Gasteiger partial charge in [0.1, 0.15) is 5.76 Å². The zero-order chi connectivity index (χ0) is 19.9. The fourth-order valence-corrected chi connectivity index (χ4v) is 3.30. The maximum atomic E-state index is 12.3. The van der Waals surface area contributed by atoms with E-state index in [2.05, 4.69) is 4.90 Å². The number of carbonyl (C=O) groups excluding carboxylic acids is 1. The van der Waals surface area contributed by atoms with Gasteiger partial charge in [-0.1, -0.05) is 6.07 Å². The lowest BCUT2D eigenvalue weighted by molar-refractivity contribution is -0.127. The first kappa shape index (κ1) is 19.8. The molecule has 0 saturated carbocycles. The molecule has 0 atom stereocenters. The van der Waals surface area contributed by atoms with Crippen LogP contribution in [0.15, 0.2) is 41.0 Å². The topological polar surface area (TPSA) is 64.4 Å². The van der Waals surface area contributed by atoms with Gasteiger partial charge in [-0.15, -0.1) is 0 Å². The van der Waals surface area contributed by atoms with Crippen molar-refractivity contribution in [3.8, 4) is 17.2 Å². The average molecular weight is 386 g/mol. The van der Waals surface area contributed by atoms with Gasteiger partial charge in [0.05, 0.1) is 27.6 Å². The normalized spacial score (nSPS) is 15.0. The molecule has 2 aromatic rings. The first-order chi connectivity index (χ1) is 13.7. The van der Waals surface area contributed by atoms with Crippen LogP contribution >= 0.6 is 0 Å². The van der Waals surface area contributed by atoms with E-state index in [4.69, 9.17) is 18.6 Å². The Morgan fingerprint density at radius 2 is 1.79 bits per heavy atom. The molecule has 3 rings (SSSR count). The number of rotatable bonds is 7. The summed E-state index contributed by atoms with van der Waals surface area (Å²) in [5.41, 5.74) is 1.03. The lowest BCUT2D eigenvalue weighted by atomic mass is 10.1. The van der Waals surface area contributed by atoms with E-state index >= 15 is 0 Å². The molecule has 1 fully saturated rings. The third-order valence-electron chi connectivity index (χ3n) is 4.80. The summed E-state index contributed by atoms with van der Waals surface area (Å²) in [5.74, 6) is 2.59. The highest BCUT2D eigenvalue weighted by atomic mass is 16.5. The van der Waals surface area contributed by atoms with Gasteiger partial charge in [0.15, 0.2) is 11.5 Å². The molecular formula is C21H26N2O5. The highest BCUT2D eigenvalue weighted by molar-refractivity contribution is 5.91. The maximum absolute atomic E-state index is 12.3. The van der Waals surface area contributed by atoms with Gasteiger partial charge in [-0.2, -0.15) is 0 Å². The Hall–Kier alpha value is -2.93. The van der Waals surface area contributed by atoms with Crippen LogP contribution in [0.4, 0.5) is 0 Å². The molecule has 1 aromatic heterocycles. The molecule has 1 saturated heterocycles. The molecule has 1 aliphatic heterocycles. The van der Waals surface area contributed by atoms with Crippen molar-refractivity contribution >= 4 is 12.0 Å². The van der Waals surface area contributed by atoms with E-state index in [0.717, 1.165) is 18.7 Å². The molecule has 28 heavy (non-hydrogen) atoms. The first-order valence-corrected chi connectivity index (χ1v) is 9.17. The SMILES string of the molecule is COc1ccc(CN2CCN(C(=O)/C=C/c3ccco3)CC2)c(OC)c1OC.